The third kappa shape index (κ3) is 2.26. The number of esters is 1. The number of carbonyl (C=O) groups excluding carboxylic acids is 3. The second-order valence-corrected chi connectivity index (χ2v) is 7.44. The second-order valence-electron chi connectivity index (χ2n) is 7.44. The number of carbonyl (C=O) groups is 3. The lowest BCUT2D eigenvalue weighted by Crippen LogP contribution is -2.51. The molecule has 0 saturated heterocycles. The summed E-state index contributed by atoms with van der Waals surface area (Å²) in [6, 6.07) is 6.62. The molecule has 0 fully saturated rings. The summed E-state index contributed by atoms with van der Waals surface area (Å²) in [7, 11) is 1.28. The SMILES string of the molecule is COC(=O)C(CC(C)C)N1C(=O)c2ccc3c4c(ccc(c24)C1=O)CC3. The van der Waals surface area contributed by atoms with E-state index >= 15 is 0 Å². The smallest absolute Gasteiger partial charge is 0.329 e. The Labute approximate surface area is 151 Å². The van der Waals surface area contributed by atoms with Crippen LogP contribution in [-0.2, 0) is 22.4 Å². The van der Waals surface area contributed by atoms with Crippen LogP contribution in [0.5, 0.6) is 0 Å². The van der Waals surface area contributed by atoms with Crippen LogP contribution in [-0.4, -0.2) is 35.8 Å². The van der Waals surface area contributed by atoms with Gasteiger partial charge in [0.05, 0.1) is 7.11 Å². The van der Waals surface area contributed by atoms with Gasteiger partial charge >= 0.3 is 5.97 Å². The maximum atomic E-state index is 13.2. The fraction of sp³-hybridized carbons (Fsp3) is 0.381. The Balaban J connectivity index is 1.90. The number of methoxy groups -OCH3 is 1. The van der Waals surface area contributed by atoms with Gasteiger partial charge in [-0.1, -0.05) is 26.0 Å². The topological polar surface area (TPSA) is 63.7 Å². The van der Waals surface area contributed by atoms with Gasteiger partial charge < -0.3 is 4.74 Å². The Morgan fingerprint density at radius 3 is 2.00 bits per heavy atom. The highest BCUT2D eigenvalue weighted by Gasteiger charge is 2.42. The van der Waals surface area contributed by atoms with Crippen molar-refractivity contribution in [1.82, 2.24) is 4.90 Å². The average Bonchev–Trinajstić information content (AvgIpc) is 3.04. The van der Waals surface area contributed by atoms with Gasteiger partial charge in [-0.2, -0.15) is 0 Å². The van der Waals surface area contributed by atoms with E-state index in [1.165, 1.54) is 18.2 Å². The molecule has 4 rings (SSSR count). The summed E-state index contributed by atoms with van der Waals surface area (Å²) < 4.78 is 4.89. The molecule has 1 heterocycles. The quantitative estimate of drug-likeness (QED) is 0.627. The summed E-state index contributed by atoms with van der Waals surface area (Å²) in [6.07, 6.45) is 2.23. The number of aryl methyl sites for hydroxylation is 2. The lowest BCUT2D eigenvalue weighted by atomic mass is 9.89. The normalized spacial score (nSPS) is 16.5. The summed E-state index contributed by atoms with van der Waals surface area (Å²) in [4.78, 5) is 39.8. The second kappa shape index (κ2) is 5.94. The van der Waals surface area contributed by atoms with Crippen LogP contribution < -0.4 is 0 Å². The van der Waals surface area contributed by atoms with Gasteiger partial charge in [-0.3, -0.25) is 14.5 Å². The van der Waals surface area contributed by atoms with E-state index in [1.54, 1.807) is 12.1 Å². The van der Waals surface area contributed by atoms with Gasteiger partial charge in [0.2, 0.25) is 0 Å². The van der Waals surface area contributed by atoms with Crippen LogP contribution in [0.3, 0.4) is 0 Å². The minimum absolute atomic E-state index is 0.132. The Hall–Kier alpha value is -2.69. The molecule has 0 N–H and O–H groups in total. The molecule has 5 heteroatoms. The first kappa shape index (κ1) is 16.8. The van der Waals surface area contributed by atoms with Gasteiger partial charge in [0.15, 0.2) is 0 Å². The Morgan fingerprint density at radius 2 is 1.54 bits per heavy atom. The highest BCUT2D eigenvalue weighted by molar-refractivity contribution is 6.27. The number of benzene rings is 2. The summed E-state index contributed by atoms with van der Waals surface area (Å²) in [5.41, 5.74) is 3.36. The van der Waals surface area contributed by atoms with Crippen LogP contribution >= 0.6 is 0 Å². The van der Waals surface area contributed by atoms with Crippen molar-refractivity contribution in [2.45, 2.75) is 39.2 Å². The van der Waals surface area contributed by atoms with Crippen molar-refractivity contribution in [3.8, 4) is 0 Å². The van der Waals surface area contributed by atoms with Crippen LogP contribution in [0.25, 0.3) is 10.8 Å². The molecule has 0 aromatic heterocycles. The van der Waals surface area contributed by atoms with Crippen LogP contribution in [0.1, 0.15) is 52.1 Å². The van der Waals surface area contributed by atoms with E-state index in [4.69, 9.17) is 4.74 Å². The molecule has 0 radical (unpaired) electrons. The molecule has 0 saturated carbocycles. The number of nitrogens with zero attached hydrogens (tertiary/aromatic N) is 1. The van der Waals surface area contributed by atoms with Gasteiger partial charge in [-0.05, 0) is 53.8 Å². The van der Waals surface area contributed by atoms with Crippen LogP contribution in [0.4, 0.5) is 0 Å². The van der Waals surface area contributed by atoms with Crippen LogP contribution in [0.2, 0.25) is 0 Å². The van der Waals surface area contributed by atoms with Crippen molar-refractivity contribution < 1.29 is 19.1 Å². The molecule has 0 bridgehead atoms. The minimum atomic E-state index is -0.910. The average molecular weight is 351 g/mol. The summed E-state index contributed by atoms with van der Waals surface area (Å²) in [5.74, 6) is -1.24. The zero-order valence-corrected chi connectivity index (χ0v) is 15.2. The first-order valence-electron chi connectivity index (χ1n) is 8.97. The maximum absolute atomic E-state index is 13.2. The molecule has 1 unspecified atom stereocenters. The highest BCUT2D eigenvalue weighted by atomic mass is 16.5. The maximum Gasteiger partial charge on any atom is 0.329 e. The zero-order valence-electron chi connectivity index (χ0n) is 15.2. The van der Waals surface area contributed by atoms with Crippen molar-refractivity contribution in [3.63, 3.8) is 0 Å². The van der Waals surface area contributed by atoms with Gasteiger partial charge in [0.25, 0.3) is 11.8 Å². The predicted molar refractivity (Wildman–Crippen MR) is 97.1 cm³/mol. The lowest BCUT2D eigenvalue weighted by molar-refractivity contribution is -0.145. The molecule has 1 aliphatic heterocycles. The van der Waals surface area contributed by atoms with Gasteiger partial charge in [-0.15, -0.1) is 0 Å². The molecule has 2 aromatic carbocycles. The summed E-state index contributed by atoms with van der Waals surface area (Å²) in [5, 5.41) is 1.79. The number of ether oxygens (including phenoxy) is 1. The van der Waals surface area contributed by atoms with E-state index < -0.39 is 23.8 Å². The first-order chi connectivity index (χ1) is 12.4. The monoisotopic (exact) mass is 351 g/mol. The van der Waals surface area contributed by atoms with Crippen molar-refractivity contribution in [2.24, 2.45) is 5.92 Å². The number of hydrogen-bond donors (Lipinski definition) is 0. The number of imide groups is 1. The fourth-order valence-electron chi connectivity index (χ4n) is 4.21. The minimum Gasteiger partial charge on any atom is -0.467 e. The van der Waals surface area contributed by atoms with Crippen LogP contribution in [0.15, 0.2) is 24.3 Å². The first-order valence-corrected chi connectivity index (χ1v) is 8.97. The van der Waals surface area contributed by atoms with Gasteiger partial charge in [0, 0.05) is 16.5 Å². The van der Waals surface area contributed by atoms with E-state index in [0.29, 0.717) is 17.5 Å². The molecule has 1 atom stereocenters. The molecule has 134 valence electrons. The van der Waals surface area contributed by atoms with E-state index in [9.17, 15) is 14.4 Å². The largest absolute Gasteiger partial charge is 0.467 e. The number of hydrogen-bond acceptors (Lipinski definition) is 4. The molecule has 5 nitrogen and oxygen atoms in total. The molecule has 2 amide bonds. The fourth-order valence-corrected chi connectivity index (χ4v) is 4.21. The molecular weight excluding hydrogens is 330 g/mol. The third-order valence-electron chi connectivity index (χ3n) is 5.37. The summed E-state index contributed by atoms with van der Waals surface area (Å²) >= 11 is 0. The lowest BCUT2D eigenvalue weighted by Gasteiger charge is -2.33. The van der Waals surface area contributed by atoms with Crippen LogP contribution in [0, 0.1) is 5.92 Å². The molecule has 2 aromatic rings. The molecular formula is C21H21NO4. The zero-order chi connectivity index (χ0) is 18.6. The number of amides is 2. The van der Waals surface area contributed by atoms with E-state index in [0.717, 1.165) is 28.5 Å². The summed E-state index contributed by atoms with van der Waals surface area (Å²) in [6.45, 7) is 3.90. The third-order valence-corrected chi connectivity index (χ3v) is 5.37. The van der Waals surface area contributed by atoms with E-state index in [2.05, 4.69) is 0 Å². The van der Waals surface area contributed by atoms with E-state index in [-0.39, 0.29) is 5.92 Å². The molecule has 0 spiro atoms. The highest BCUT2D eigenvalue weighted by Crippen LogP contribution is 2.39. The predicted octanol–water partition coefficient (Wildman–Crippen LogP) is 3.12. The van der Waals surface area contributed by atoms with Crippen molar-refractivity contribution in [1.29, 1.82) is 0 Å². The Morgan fingerprint density at radius 1 is 1.00 bits per heavy atom. The number of rotatable bonds is 4. The van der Waals surface area contributed by atoms with Gasteiger partial charge in [-0.25, -0.2) is 4.79 Å². The molecule has 1 aliphatic carbocycles. The Bertz CT molecular complexity index is 901. The molecule has 26 heavy (non-hydrogen) atoms. The van der Waals surface area contributed by atoms with Gasteiger partial charge in [0.1, 0.15) is 6.04 Å². The van der Waals surface area contributed by atoms with E-state index in [1.807, 2.05) is 26.0 Å². The van der Waals surface area contributed by atoms with Crippen molar-refractivity contribution in [3.05, 3.63) is 46.5 Å². The van der Waals surface area contributed by atoms with Crippen molar-refractivity contribution in [2.75, 3.05) is 7.11 Å². The van der Waals surface area contributed by atoms with Crippen molar-refractivity contribution >= 4 is 28.6 Å². The Kier molecular flexibility index (Phi) is 3.83. The standard InChI is InChI=1S/C21H21NO4/c1-11(2)10-16(21(25)26-3)22-19(23)14-8-6-12-4-5-13-7-9-15(20(22)24)18(14)17(12)13/h6-9,11,16H,4-5,10H2,1-3H3. The molecule has 2 aliphatic rings.